The average molecular weight is 667 g/mol. The molecule has 0 unspecified atom stereocenters. The van der Waals surface area contributed by atoms with Crippen LogP contribution in [0.4, 0.5) is 5.69 Å². The van der Waals surface area contributed by atoms with Crippen molar-refractivity contribution in [3.05, 3.63) is 71.6 Å². The van der Waals surface area contributed by atoms with E-state index in [1.165, 1.54) is 15.9 Å². The summed E-state index contributed by atoms with van der Waals surface area (Å²) in [6.07, 6.45) is 2.33. The molecular weight excluding hydrogens is 628 g/mol. The fraction of sp³-hybridized carbons (Fsp3) is 0.333. The van der Waals surface area contributed by atoms with Crippen LogP contribution in [0.25, 0.3) is 33.4 Å². The lowest BCUT2D eigenvalue weighted by Crippen LogP contribution is -2.48. The van der Waals surface area contributed by atoms with Crippen molar-refractivity contribution in [3.8, 4) is 22.5 Å². The Balaban J connectivity index is 1.43. The van der Waals surface area contributed by atoms with Crippen LogP contribution >= 0.6 is 0 Å². The van der Waals surface area contributed by atoms with E-state index in [4.69, 9.17) is 15.9 Å². The molecule has 2 aromatic rings. The van der Waals surface area contributed by atoms with Crippen molar-refractivity contribution < 1.29 is 33.5 Å². The van der Waals surface area contributed by atoms with E-state index in [0.29, 0.717) is 83.2 Å². The van der Waals surface area contributed by atoms with Crippen LogP contribution in [0, 0.1) is 0 Å². The summed E-state index contributed by atoms with van der Waals surface area (Å²) in [5, 5.41) is 13.8. The van der Waals surface area contributed by atoms with E-state index in [1.807, 2.05) is 0 Å². The van der Waals surface area contributed by atoms with Crippen LogP contribution in [-0.2, 0) is 19.2 Å². The molecule has 3 aliphatic heterocycles. The third-order valence-corrected chi connectivity index (χ3v) is 9.08. The van der Waals surface area contributed by atoms with Gasteiger partial charge in [-0.15, -0.1) is 0 Å². The number of anilines is 1. The Morgan fingerprint density at radius 3 is 2.18 bits per heavy atom. The molecule has 0 bridgehead atoms. The number of aromatic carboxylic acids is 1. The predicted octanol–water partition coefficient (Wildman–Crippen LogP) is 2.95. The number of benzene rings is 3. The van der Waals surface area contributed by atoms with Crippen LogP contribution in [0.2, 0.25) is 0 Å². The van der Waals surface area contributed by atoms with Gasteiger partial charge in [-0.1, -0.05) is 18.2 Å². The van der Waals surface area contributed by atoms with Gasteiger partial charge >= 0.3 is 5.97 Å². The highest BCUT2D eigenvalue weighted by Crippen LogP contribution is 2.42. The number of hydrogen-bond acceptors (Lipinski definition) is 8. The van der Waals surface area contributed by atoms with Crippen molar-refractivity contribution in [2.75, 3.05) is 18.4 Å². The molecule has 0 aromatic heterocycles. The fourth-order valence-corrected chi connectivity index (χ4v) is 6.74. The summed E-state index contributed by atoms with van der Waals surface area (Å²) in [5.74, 6) is -2.22. The summed E-state index contributed by atoms with van der Waals surface area (Å²) in [5.41, 5.74) is 14.1. The van der Waals surface area contributed by atoms with Crippen LogP contribution in [-0.4, -0.2) is 81.8 Å². The lowest BCUT2D eigenvalue weighted by Gasteiger charge is -2.25. The van der Waals surface area contributed by atoms with Gasteiger partial charge in [-0.2, -0.15) is 0 Å². The van der Waals surface area contributed by atoms with Crippen LogP contribution in [0.5, 0.6) is 0 Å². The molecule has 0 saturated carbocycles. The second-order valence-electron chi connectivity index (χ2n) is 12.6. The standard InChI is InChI=1S/C36H38N6O7/c1-19(37)34(45)41-15-5-9-27(41)32(43)39-21-11-13-25-29(17-21)49-30-18-22(40-33(44)28-10-6-16-42(28)35(46)20(2)38)12-14-26(30)31(25)23-7-3-4-8-24(23)36(47)48/h3-4,7-8,11-14,17-20,27-28H,5-6,9-10,15-16,37-38H2,1-2H3,(H,39,43)(H,47,48)/t19-,20-,27-,28-/m0/s1. The molecule has 0 spiro atoms. The molecular formula is C36H38N6O7. The second kappa shape index (κ2) is 13.6. The van der Waals surface area contributed by atoms with E-state index < -0.39 is 36.0 Å². The minimum absolute atomic E-state index is 0.0814. The van der Waals surface area contributed by atoms with Crippen LogP contribution in [0.3, 0.4) is 0 Å². The van der Waals surface area contributed by atoms with Gasteiger partial charge in [-0.25, -0.2) is 9.79 Å². The summed E-state index contributed by atoms with van der Waals surface area (Å²) in [6, 6.07) is 13.8. The van der Waals surface area contributed by atoms with Gasteiger partial charge < -0.3 is 36.1 Å². The lowest BCUT2D eigenvalue weighted by molar-refractivity contribution is -0.138. The molecule has 3 heterocycles. The first kappa shape index (κ1) is 33.5. The van der Waals surface area contributed by atoms with Gasteiger partial charge in [0, 0.05) is 47.4 Å². The van der Waals surface area contributed by atoms with Gasteiger partial charge in [0.2, 0.25) is 17.7 Å². The van der Waals surface area contributed by atoms with Crippen LogP contribution in [0.15, 0.2) is 70.1 Å². The number of carboxylic acid groups (broad SMARTS) is 1. The van der Waals surface area contributed by atoms with Crippen molar-refractivity contribution in [2.45, 2.75) is 63.7 Å². The minimum atomic E-state index is -1.11. The van der Waals surface area contributed by atoms with Gasteiger partial charge in [0.05, 0.1) is 23.0 Å². The molecule has 0 radical (unpaired) electrons. The number of carbonyl (C=O) groups is 5. The third-order valence-electron chi connectivity index (χ3n) is 9.08. The van der Waals surface area contributed by atoms with Gasteiger partial charge in [0.25, 0.3) is 5.91 Å². The smallest absolute Gasteiger partial charge is 0.336 e. The number of amides is 4. The maximum absolute atomic E-state index is 13.3. The molecule has 49 heavy (non-hydrogen) atoms. The summed E-state index contributed by atoms with van der Waals surface area (Å²) < 4.78 is 6.35. The highest BCUT2D eigenvalue weighted by molar-refractivity contribution is 6.08. The summed E-state index contributed by atoms with van der Waals surface area (Å²) in [7, 11) is 0. The Labute approximate surface area is 281 Å². The topological polar surface area (TPSA) is 202 Å². The minimum Gasteiger partial charge on any atom is -0.478 e. The van der Waals surface area contributed by atoms with Crippen molar-refractivity contribution in [3.63, 3.8) is 0 Å². The van der Waals surface area contributed by atoms with Gasteiger partial charge in [0.15, 0.2) is 0 Å². The van der Waals surface area contributed by atoms with Crippen LogP contribution < -0.4 is 22.1 Å². The summed E-state index contributed by atoms with van der Waals surface area (Å²) >= 11 is 0. The highest BCUT2D eigenvalue weighted by Gasteiger charge is 2.36. The number of hydrogen-bond donors (Lipinski definition) is 4. The maximum Gasteiger partial charge on any atom is 0.336 e. The first-order valence-corrected chi connectivity index (χ1v) is 16.3. The number of fused-ring (bicyclic) bond motifs is 2. The monoisotopic (exact) mass is 666 g/mol. The van der Waals surface area contributed by atoms with Crippen LogP contribution in [0.1, 0.15) is 49.9 Å². The number of nitrogens with one attached hydrogen (secondary N) is 1. The number of likely N-dealkylation sites (tertiary alicyclic amines) is 2. The van der Waals surface area contributed by atoms with E-state index in [1.54, 1.807) is 68.4 Å². The molecule has 254 valence electrons. The maximum atomic E-state index is 13.3. The number of nitrogens with zero attached hydrogens (tertiary/aromatic N) is 3. The SMILES string of the molecule is C[C@H](N)C(=O)N1CCC[C@H]1C(=O)N=c1ccc2c(-c3ccccc3C(=O)O)c3ccc(NC(=O)[C@@H]4CCCN4C(=O)[C@H](C)N)cc3oc-2c1. The molecule has 2 aromatic carbocycles. The fourth-order valence-electron chi connectivity index (χ4n) is 6.74. The lowest BCUT2D eigenvalue weighted by atomic mass is 9.90. The Bertz CT molecular complexity index is 2020. The Morgan fingerprint density at radius 2 is 1.51 bits per heavy atom. The summed E-state index contributed by atoms with van der Waals surface area (Å²) in [6.45, 7) is 4.04. The Morgan fingerprint density at radius 1 is 0.857 bits per heavy atom. The Kier molecular flexibility index (Phi) is 9.30. The molecule has 6 rings (SSSR count). The van der Waals surface area contributed by atoms with Crippen molar-refractivity contribution in [2.24, 2.45) is 16.5 Å². The molecule has 4 amide bonds. The summed E-state index contributed by atoms with van der Waals surface area (Å²) in [4.78, 5) is 71.5. The first-order valence-electron chi connectivity index (χ1n) is 16.3. The van der Waals surface area contributed by atoms with E-state index in [-0.39, 0.29) is 23.3 Å². The normalized spacial score (nSPS) is 19.3. The number of carboxylic acids is 1. The van der Waals surface area contributed by atoms with Crippen molar-refractivity contribution in [1.82, 2.24) is 9.80 Å². The highest BCUT2D eigenvalue weighted by atomic mass is 16.4. The molecule has 4 atom stereocenters. The molecule has 4 aliphatic rings. The molecule has 13 nitrogen and oxygen atoms in total. The molecule has 2 saturated heterocycles. The van der Waals surface area contributed by atoms with E-state index in [9.17, 15) is 29.1 Å². The van der Waals surface area contributed by atoms with E-state index in [2.05, 4.69) is 10.3 Å². The van der Waals surface area contributed by atoms with Gasteiger partial charge in [0.1, 0.15) is 23.4 Å². The van der Waals surface area contributed by atoms with Crippen molar-refractivity contribution in [1.29, 1.82) is 0 Å². The quantitative estimate of drug-likeness (QED) is 0.214. The average Bonchev–Trinajstić information content (AvgIpc) is 3.77. The second-order valence-corrected chi connectivity index (χ2v) is 12.6. The zero-order valence-electron chi connectivity index (χ0n) is 27.2. The van der Waals surface area contributed by atoms with Gasteiger partial charge in [-0.05, 0) is 75.4 Å². The molecule has 1 aliphatic carbocycles. The zero-order chi connectivity index (χ0) is 35.0. The molecule has 13 heteroatoms. The van der Waals surface area contributed by atoms with Gasteiger partial charge in [-0.3, -0.25) is 19.2 Å². The number of carbonyl (C=O) groups excluding carboxylic acids is 4. The zero-order valence-corrected chi connectivity index (χ0v) is 27.2. The largest absolute Gasteiger partial charge is 0.478 e. The third kappa shape index (κ3) is 6.54. The Hall–Kier alpha value is -5.40. The number of rotatable bonds is 7. The molecule has 2 fully saturated rings. The predicted molar refractivity (Wildman–Crippen MR) is 181 cm³/mol. The van der Waals surface area contributed by atoms with Crippen molar-refractivity contribution >= 4 is 46.3 Å². The molecule has 6 N–H and O–H groups in total. The number of nitrogens with two attached hydrogens (primary N) is 2. The van der Waals surface area contributed by atoms with E-state index in [0.717, 1.165) is 0 Å². The first-order chi connectivity index (χ1) is 23.4. The van der Waals surface area contributed by atoms with E-state index >= 15 is 0 Å².